The molecule has 0 saturated heterocycles. The van der Waals surface area contributed by atoms with Crippen molar-refractivity contribution in [3.05, 3.63) is 42.7 Å². The average molecular weight is 287 g/mol. The maximum Gasteiger partial charge on any atom is 0.214 e. The van der Waals surface area contributed by atoms with Gasteiger partial charge in [-0.1, -0.05) is 0 Å². The van der Waals surface area contributed by atoms with E-state index < -0.39 is 0 Å². The second kappa shape index (κ2) is 3.96. The molecule has 72 valence electrons. The number of rotatable bonds is 2. The SMILES string of the molecule is Cc1ccsc1C(=O)c1sccc1Br. The van der Waals surface area contributed by atoms with E-state index in [0.29, 0.717) is 0 Å². The van der Waals surface area contributed by atoms with Crippen molar-refractivity contribution < 1.29 is 4.79 Å². The van der Waals surface area contributed by atoms with Gasteiger partial charge >= 0.3 is 0 Å². The Balaban J connectivity index is 2.44. The average Bonchev–Trinajstić information content (AvgIpc) is 2.73. The number of carbonyl (C=O) groups is 1. The van der Waals surface area contributed by atoms with Crippen LogP contribution in [0.4, 0.5) is 0 Å². The smallest absolute Gasteiger partial charge is 0.214 e. The third-order valence-electron chi connectivity index (χ3n) is 1.89. The number of ketones is 1. The van der Waals surface area contributed by atoms with Crippen molar-refractivity contribution in [3.63, 3.8) is 0 Å². The second-order valence-corrected chi connectivity index (χ2v) is 5.55. The molecule has 2 aromatic heterocycles. The maximum absolute atomic E-state index is 12.0. The van der Waals surface area contributed by atoms with Gasteiger partial charge in [-0.15, -0.1) is 22.7 Å². The fraction of sp³-hybridized carbons (Fsp3) is 0.100. The molecule has 2 rings (SSSR count). The third-order valence-corrected chi connectivity index (χ3v) is 4.74. The summed E-state index contributed by atoms with van der Waals surface area (Å²) >= 11 is 6.35. The molecule has 0 N–H and O–H groups in total. The Morgan fingerprint density at radius 3 is 2.36 bits per heavy atom. The van der Waals surface area contributed by atoms with E-state index in [0.717, 1.165) is 19.8 Å². The van der Waals surface area contributed by atoms with E-state index in [2.05, 4.69) is 15.9 Å². The van der Waals surface area contributed by atoms with Gasteiger partial charge in [-0.3, -0.25) is 4.79 Å². The van der Waals surface area contributed by atoms with Crippen LogP contribution in [0, 0.1) is 6.92 Å². The zero-order chi connectivity index (χ0) is 10.1. The van der Waals surface area contributed by atoms with E-state index in [9.17, 15) is 4.79 Å². The molecule has 0 amide bonds. The molecule has 1 nitrogen and oxygen atoms in total. The first-order chi connectivity index (χ1) is 6.70. The number of hydrogen-bond acceptors (Lipinski definition) is 3. The number of carbonyl (C=O) groups excluding carboxylic acids is 1. The molecule has 0 aliphatic carbocycles. The molecule has 2 aromatic rings. The van der Waals surface area contributed by atoms with Gasteiger partial charge in [0.25, 0.3) is 0 Å². The molecule has 0 saturated carbocycles. The van der Waals surface area contributed by atoms with Crippen molar-refractivity contribution in [1.82, 2.24) is 0 Å². The number of aryl methyl sites for hydroxylation is 1. The summed E-state index contributed by atoms with van der Waals surface area (Å²) in [5.74, 6) is 0.124. The molecule has 14 heavy (non-hydrogen) atoms. The topological polar surface area (TPSA) is 17.1 Å². The first-order valence-corrected chi connectivity index (χ1v) is 6.57. The molecule has 0 spiro atoms. The quantitative estimate of drug-likeness (QED) is 0.760. The summed E-state index contributed by atoms with van der Waals surface area (Å²) in [6.45, 7) is 1.96. The fourth-order valence-corrected chi connectivity index (χ4v) is 3.60. The summed E-state index contributed by atoms with van der Waals surface area (Å²) in [5.41, 5.74) is 1.06. The lowest BCUT2D eigenvalue weighted by Gasteiger charge is -1.96. The van der Waals surface area contributed by atoms with E-state index in [1.54, 1.807) is 0 Å². The predicted molar refractivity (Wildman–Crippen MR) is 64.5 cm³/mol. The highest BCUT2D eigenvalue weighted by Gasteiger charge is 2.16. The predicted octanol–water partition coefficient (Wildman–Crippen LogP) is 4.11. The van der Waals surface area contributed by atoms with E-state index in [-0.39, 0.29) is 5.78 Å². The van der Waals surface area contributed by atoms with Crippen LogP contribution in [0.15, 0.2) is 27.4 Å². The van der Waals surface area contributed by atoms with Crippen LogP contribution in [0.25, 0.3) is 0 Å². The van der Waals surface area contributed by atoms with Crippen LogP contribution in [0.3, 0.4) is 0 Å². The van der Waals surface area contributed by atoms with Crippen LogP contribution in [-0.4, -0.2) is 5.78 Å². The van der Waals surface area contributed by atoms with Crippen LogP contribution in [0.2, 0.25) is 0 Å². The van der Waals surface area contributed by atoms with Crippen LogP contribution in [-0.2, 0) is 0 Å². The van der Waals surface area contributed by atoms with Gasteiger partial charge < -0.3 is 0 Å². The molecule has 0 atom stereocenters. The molecule has 4 heteroatoms. The summed E-state index contributed by atoms with van der Waals surface area (Å²) in [6.07, 6.45) is 0. The number of hydrogen-bond donors (Lipinski definition) is 0. The molecule has 0 fully saturated rings. The van der Waals surface area contributed by atoms with Crippen LogP contribution < -0.4 is 0 Å². The fourth-order valence-electron chi connectivity index (χ4n) is 1.16. The summed E-state index contributed by atoms with van der Waals surface area (Å²) in [7, 11) is 0. The van der Waals surface area contributed by atoms with Gasteiger partial charge in [0.1, 0.15) is 0 Å². The lowest BCUT2D eigenvalue weighted by Crippen LogP contribution is -1.97. The van der Waals surface area contributed by atoms with Gasteiger partial charge in [0.2, 0.25) is 5.78 Å². The largest absolute Gasteiger partial charge is 0.287 e. The highest BCUT2D eigenvalue weighted by atomic mass is 79.9. The summed E-state index contributed by atoms with van der Waals surface area (Å²) in [5, 5.41) is 3.87. The standard InChI is InChI=1S/C10H7BrOS2/c1-6-2-4-13-9(6)8(12)10-7(11)3-5-14-10/h2-5H,1H3. The van der Waals surface area contributed by atoms with E-state index >= 15 is 0 Å². The van der Waals surface area contributed by atoms with Crippen LogP contribution in [0.1, 0.15) is 20.1 Å². The Kier molecular flexibility index (Phi) is 2.85. The number of halogens is 1. The molecule has 0 unspecified atom stereocenters. The van der Waals surface area contributed by atoms with E-state index in [1.165, 1.54) is 22.7 Å². The first-order valence-electron chi connectivity index (χ1n) is 4.02. The molecule has 0 aliphatic heterocycles. The normalized spacial score (nSPS) is 10.4. The van der Waals surface area contributed by atoms with Crippen molar-refractivity contribution in [2.45, 2.75) is 6.92 Å². The monoisotopic (exact) mass is 286 g/mol. The summed E-state index contributed by atoms with van der Waals surface area (Å²) in [6, 6.07) is 3.88. The lowest BCUT2D eigenvalue weighted by atomic mass is 10.2. The van der Waals surface area contributed by atoms with Crippen molar-refractivity contribution in [1.29, 1.82) is 0 Å². The van der Waals surface area contributed by atoms with Gasteiger partial charge in [0.05, 0.1) is 9.75 Å². The molecular formula is C10H7BrOS2. The highest BCUT2D eigenvalue weighted by Crippen LogP contribution is 2.28. The zero-order valence-corrected chi connectivity index (χ0v) is 10.6. The molecular weight excluding hydrogens is 280 g/mol. The first kappa shape index (κ1) is 10.1. The van der Waals surface area contributed by atoms with Crippen molar-refractivity contribution >= 4 is 44.4 Å². The minimum Gasteiger partial charge on any atom is -0.287 e. The van der Waals surface area contributed by atoms with Gasteiger partial charge in [0.15, 0.2) is 0 Å². The van der Waals surface area contributed by atoms with Gasteiger partial charge in [-0.05, 0) is 51.3 Å². The minimum absolute atomic E-state index is 0.124. The molecule has 0 aliphatic rings. The highest BCUT2D eigenvalue weighted by molar-refractivity contribution is 9.10. The van der Waals surface area contributed by atoms with Gasteiger partial charge in [0, 0.05) is 4.47 Å². The summed E-state index contributed by atoms with van der Waals surface area (Å²) in [4.78, 5) is 13.6. The maximum atomic E-state index is 12.0. The second-order valence-electron chi connectivity index (χ2n) is 2.86. The number of thiophene rings is 2. The lowest BCUT2D eigenvalue weighted by molar-refractivity contribution is 0.104. The van der Waals surface area contributed by atoms with E-state index in [1.807, 2.05) is 29.8 Å². The third kappa shape index (κ3) is 1.69. The molecule has 0 radical (unpaired) electrons. The minimum atomic E-state index is 0.124. The molecule has 2 heterocycles. The van der Waals surface area contributed by atoms with Crippen LogP contribution in [0.5, 0.6) is 0 Å². The molecule has 0 aromatic carbocycles. The zero-order valence-electron chi connectivity index (χ0n) is 7.41. The Morgan fingerprint density at radius 2 is 1.86 bits per heavy atom. The van der Waals surface area contributed by atoms with Crippen molar-refractivity contribution in [3.8, 4) is 0 Å². The molecule has 0 bridgehead atoms. The van der Waals surface area contributed by atoms with Gasteiger partial charge in [-0.2, -0.15) is 0 Å². The van der Waals surface area contributed by atoms with E-state index in [4.69, 9.17) is 0 Å². The van der Waals surface area contributed by atoms with Crippen molar-refractivity contribution in [2.75, 3.05) is 0 Å². The summed E-state index contributed by atoms with van der Waals surface area (Å²) < 4.78 is 0.889. The Hall–Kier alpha value is -0.450. The van der Waals surface area contributed by atoms with Crippen LogP contribution >= 0.6 is 38.6 Å². The Morgan fingerprint density at radius 1 is 1.21 bits per heavy atom. The Labute approximate surface area is 98.5 Å². The Bertz CT molecular complexity index is 428. The van der Waals surface area contributed by atoms with Crippen molar-refractivity contribution in [2.24, 2.45) is 0 Å². The van der Waals surface area contributed by atoms with Gasteiger partial charge in [-0.25, -0.2) is 0 Å².